The van der Waals surface area contributed by atoms with Crippen LogP contribution in [0.25, 0.3) is 72.3 Å². The quantitative estimate of drug-likeness (QED) is 0.214. The molecule has 4 nitrogen and oxygen atoms in total. The third-order valence-corrected chi connectivity index (χ3v) is 8.44. The Labute approximate surface area is 248 Å². The molecule has 0 aliphatic carbocycles. The molecule has 6 aromatic carbocycles. The van der Waals surface area contributed by atoms with Crippen molar-refractivity contribution in [1.29, 1.82) is 0 Å². The number of benzene rings is 6. The first-order valence-corrected chi connectivity index (χ1v) is 14.6. The van der Waals surface area contributed by atoms with Crippen LogP contribution in [0.4, 0.5) is 0 Å². The minimum Gasteiger partial charge on any atom is -0.308 e. The van der Waals surface area contributed by atoms with Crippen LogP contribution < -0.4 is 0 Å². The smallest absolute Gasteiger partial charge is 0.165 e. The number of rotatable bonds is 4. The van der Waals surface area contributed by atoms with Crippen molar-refractivity contribution in [3.05, 3.63) is 158 Å². The molecule has 0 spiro atoms. The maximum atomic E-state index is 5.45. The number of hydrogen-bond donors (Lipinski definition) is 0. The lowest BCUT2D eigenvalue weighted by Gasteiger charge is -2.12. The molecule has 0 saturated carbocycles. The van der Waals surface area contributed by atoms with Gasteiger partial charge in [-0.3, -0.25) is 9.13 Å². The molecule has 4 heteroatoms. The van der Waals surface area contributed by atoms with Crippen molar-refractivity contribution in [3.8, 4) is 28.5 Å². The third-order valence-electron chi connectivity index (χ3n) is 8.44. The van der Waals surface area contributed by atoms with Crippen molar-refractivity contribution in [2.45, 2.75) is 0 Å². The molecule has 9 aromatic rings. The minimum absolute atomic E-state index is 0.919. The molecule has 3 aromatic heterocycles. The largest absolute Gasteiger partial charge is 0.308 e. The van der Waals surface area contributed by atoms with Gasteiger partial charge in [0.1, 0.15) is 11.3 Å². The lowest BCUT2D eigenvalue weighted by Crippen LogP contribution is -1.99. The molecule has 9 rings (SSSR count). The van der Waals surface area contributed by atoms with E-state index in [2.05, 4.69) is 171 Å². The van der Waals surface area contributed by atoms with Gasteiger partial charge < -0.3 is 4.57 Å². The lowest BCUT2D eigenvalue weighted by atomic mass is 10.1. The Bertz CT molecular complexity index is 2410. The van der Waals surface area contributed by atoms with E-state index in [1.54, 1.807) is 0 Å². The van der Waals surface area contributed by atoms with Crippen molar-refractivity contribution in [3.63, 3.8) is 0 Å². The molecule has 202 valence electrons. The highest BCUT2D eigenvalue weighted by atomic mass is 15.2. The molecule has 3 heterocycles. The first-order valence-electron chi connectivity index (χ1n) is 14.6. The van der Waals surface area contributed by atoms with E-state index in [9.17, 15) is 0 Å². The molecule has 0 atom stereocenters. The molecular formula is C39H26N4. The second kappa shape index (κ2) is 9.33. The predicted molar refractivity (Wildman–Crippen MR) is 178 cm³/mol. The van der Waals surface area contributed by atoms with Crippen LogP contribution in [0.3, 0.4) is 0 Å². The maximum absolute atomic E-state index is 5.45. The van der Waals surface area contributed by atoms with E-state index in [0.717, 1.165) is 45.1 Å². The van der Waals surface area contributed by atoms with E-state index in [-0.39, 0.29) is 0 Å². The highest BCUT2D eigenvalue weighted by Crippen LogP contribution is 2.43. The average molecular weight is 551 g/mol. The highest BCUT2D eigenvalue weighted by Gasteiger charge is 2.26. The van der Waals surface area contributed by atoms with Crippen LogP contribution in [0.15, 0.2) is 158 Å². The van der Waals surface area contributed by atoms with E-state index in [0.29, 0.717) is 0 Å². The summed E-state index contributed by atoms with van der Waals surface area (Å²) in [6.07, 6.45) is 0. The van der Waals surface area contributed by atoms with Gasteiger partial charge in [-0.25, -0.2) is 4.98 Å². The second-order valence-electron chi connectivity index (χ2n) is 10.9. The Hall–Kier alpha value is -5.87. The summed E-state index contributed by atoms with van der Waals surface area (Å²) >= 11 is 0. The molecule has 0 saturated heterocycles. The number of hydrogen-bond acceptors (Lipinski definition) is 1. The zero-order valence-electron chi connectivity index (χ0n) is 23.3. The first-order chi connectivity index (χ1) is 21.4. The Morgan fingerprint density at radius 1 is 0.372 bits per heavy atom. The first kappa shape index (κ1) is 23.8. The minimum atomic E-state index is 0.919. The standard InChI is InChI=1S/C39H26N4/c1-5-15-27(16-6-1)38-40-39-37(43(38)30-21-11-4-12-22-30)35-34(42(39)29-19-9-3-10-20-29)26-25-32-31-23-13-14-24-33(31)41(36(32)35)28-17-7-2-8-18-28/h1-26H. The third kappa shape index (κ3) is 3.47. The van der Waals surface area contributed by atoms with E-state index in [1.165, 1.54) is 27.2 Å². The van der Waals surface area contributed by atoms with E-state index >= 15 is 0 Å². The van der Waals surface area contributed by atoms with Gasteiger partial charge in [0.25, 0.3) is 0 Å². The van der Waals surface area contributed by atoms with Gasteiger partial charge in [-0.1, -0.05) is 109 Å². The van der Waals surface area contributed by atoms with E-state index < -0.39 is 0 Å². The number of para-hydroxylation sites is 4. The molecule has 0 amide bonds. The summed E-state index contributed by atoms with van der Waals surface area (Å²) in [5.41, 5.74) is 9.89. The SMILES string of the molecule is c1ccc(-c2nc3c(c4c(ccc5c6ccccc6n(-c6ccccc6)c54)n3-c3ccccc3)n2-c2ccccc2)cc1. The normalized spacial score (nSPS) is 11.7. The number of nitrogens with zero attached hydrogens (tertiary/aromatic N) is 4. The Kier molecular flexibility index (Phi) is 5.16. The van der Waals surface area contributed by atoms with Crippen molar-refractivity contribution >= 4 is 43.9 Å². The van der Waals surface area contributed by atoms with Crippen molar-refractivity contribution < 1.29 is 0 Å². The zero-order chi connectivity index (χ0) is 28.3. The van der Waals surface area contributed by atoms with Gasteiger partial charge in [0.2, 0.25) is 0 Å². The fourth-order valence-electron chi connectivity index (χ4n) is 6.66. The summed E-state index contributed by atoms with van der Waals surface area (Å²) in [6, 6.07) is 55.7. The Morgan fingerprint density at radius 2 is 0.907 bits per heavy atom. The fraction of sp³-hybridized carbons (Fsp3) is 0. The fourth-order valence-corrected chi connectivity index (χ4v) is 6.66. The van der Waals surface area contributed by atoms with E-state index in [1.807, 2.05) is 0 Å². The zero-order valence-corrected chi connectivity index (χ0v) is 23.3. The topological polar surface area (TPSA) is 27.7 Å². The molecule has 0 aliphatic heterocycles. The van der Waals surface area contributed by atoms with Gasteiger partial charge in [0.15, 0.2) is 5.65 Å². The summed E-state index contributed by atoms with van der Waals surface area (Å²) < 4.78 is 7.09. The molecule has 0 aliphatic rings. The molecule has 0 N–H and O–H groups in total. The summed E-state index contributed by atoms with van der Waals surface area (Å²) in [7, 11) is 0. The van der Waals surface area contributed by atoms with Crippen LogP contribution in [-0.2, 0) is 0 Å². The summed E-state index contributed by atoms with van der Waals surface area (Å²) in [5.74, 6) is 0.919. The second-order valence-corrected chi connectivity index (χ2v) is 10.9. The van der Waals surface area contributed by atoms with Crippen LogP contribution in [0.1, 0.15) is 0 Å². The van der Waals surface area contributed by atoms with Crippen LogP contribution in [0.5, 0.6) is 0 Å². The van der Waals surface area contributed by atoms with Crippen LogP contribution in [0, 0.1) is 0 Å². The molecule has 0 unspecified atom stereocenters. The maximum Gasteiger partial charge on any atom is 0.165 e. The molecule has 0 radical (unpaired) electrons. The van der Waals surface area contributed by atoms with Gasteiger partial charge in [0, 0.05) is 33.4 Å². The summed E-state index contributed by atoms with van der Waals surface area (Å²) in [4.78, 5) is 5.45. The predicted octanol–water partition coefficient (Wildman–Crippen LogP) is 9.73. The molecule has 0 bridgehead atoms. The molecular weight excluding hydrogens is 524 g/mol. The van der Waals surface area contributed by atoms with Crippen LogP contribution >= 0.6 is 0 Å². The Balaban J connectivity index is 1.58. The monoisotopic (exact) mass is 550 g/mol. The molecule has 43 heavy (non-hydrogen) atoms. The number of aromatic nitrogens is 4. The highest BCUT2D eigenvalue weighted by molar-refractivity contribution is 6.25. The Morgan fingerprint density at radius 3 is 1.56 bits per heavy atom. The van der Waals surface area contributed by atoms with Crippen LogP contribution in [-0.4, -0.2) is 18.7 Å². The van der Waals surface area contributed by atoms with Crippen LogP contribution in [0.2, 0.25) is 0 Å². The lowest BCUT2D eigenvalue weighted by molar-refractivity contribution is 1.10. The van der Waals surface area contributed by atoms with Gasteiger partial charge in [-0.15, -0.1) is 0 Å². The number of fused-ring (bicyclic) bond motifs is 7. The van der Waals surface area contributed by atoms with E-state index in [4.69, 9.17) is 4.98 Å². The van der Waals surface area contributed by atoms with Gasteiger partial charge >= 0.3 is 0 Å². The van der Waals surface area contributed by atoms with Gasteiger partial charge in [-0.05, 0) is 48.5 Å². The number of imidazole rings is 1. The van der Waals surface area contributed by atoms with Gasteiger partial charge in [0.05, 0.1) is 21.9 Å². The average Bonchev–Trinajstić information content (AvgIpc) is 3.73. The van der Waals surface area contributed by atoms with Gasteiger partial charge in [-0.2, -0.15) is 0 Å². The summed E-state index contributed by atoms with van der Waals surface area (Å²) in [6.45, 7) is 0. The summed E-state index contributed by atoms with van der Waals surface area (Å²) in [5, 5.41) is 3.63. The van der Waals surface area contributed by atoms with Crippen molar-refractivity contribution in [1.82, 2.24) is 18.7 Å². The molecule has 0 fully saturated rings. The van der Waals surface area contributed by atoms with Crippen molar-refractivity contribution in [2.24, 2.45) is 0 Å². The van der Waals surface area contributed by atoms with Crippen molar-refractivity contribution in [2.75, 3.05) is 0 Å².